The van der Waals surface area contributed by atoms with Gasteiger partial charge in [-0.25, -0.2) is 0 Å². The number of hydroxylamine groups is 1. The molecule has 2 rings (SSSR count). The van der Waals surface area contributed by atoms with Crippen molar-refractivity contribution in [1.29, 1.82) is 0 Å². The van der Waals surface area contributed by atoms with Crippen LogP contribution in [0.3, 0.4) is 0 Å². The average Bonchev–Trinajstić information content (AvgIpc) is 3.01. The van der Waals surface area contributed by atoms with Gasteiger partial charge in [0.05, 0.1) is 12.5 Å². The normalized spacial score (nSPS) is 26.4. The van der Waals surface area contributed by atoms with E-state index in [0.29, 0.717) is 12.5 Å². The summed E-state index contributed by atoms with van der Waals surface area (Å²) in [6, 6.07) is 0. The molecule has 0 aromatic heterocycles. The Morgan fingerprint density at radius 1 is 1.45 bits per heavy atom. The van der Waals surface area contributed by atoms with Crippen LogP contribution >= 0.6 is 0 Å². The molecule has 1 heterocycles. The molecule has 0 saturated heterocycles. The number of carbonyl (C=O) groups is 1. The summed E-state index contributed by atoms with van der Waals surface area (Å²) in [4.78, 5) is 17.6. The van der Waals surface area contributed by atoms with Gasteiger partial charge in [-0.3, -0.25) is 15.1 Å². The van der Waals surface area contributed by atoms with Crippen LogP contribution in [0.2, 0.25) is 0 Å². The zero-order valence-corrected chi connectivity index (χ0v) is 12.9. The highest BCUT2D eigenvalue weighted by Gasteiger charge is 2.41. The summed E-state index contributed by atoms with van der Waals surface area (Å²) in [5.74, 6) is 0.450. The van der Waals surface area contributed by atoms with Crippen LogP contribution in [-0.4, -0.2) is 18.7 Å². The summed E-state index contributed by atoms with van der Waals surface area (Å²) in [5, 5.41) is 0. The minimum absolute atomic E-state index is 0.0178. The van der Waals surface area contributed by atoms with Gasteiger partial charge in [-0.2, -0.15) is 0 Å². The highest BCUT2D eigenvalue weighted by molar-refractivity contribution is 5.74. The van der Waals surface area contributed by atoms with Gasteiger partial charge in [0.25, 0.3) is 0 Å². The van der Waals surface area contributed by atoms with Gasteiger partial charge in [-0.15, -0.1) is 0 Å². The molecule has 1 saturated carbocycles. The molecule has 2 aliphatic rings. The third-order valence-electron chi connectivity index (χ3n) is 4.44. The minimum Gasteiger partial charge on any atom is -0.466 e. The highest BCUT2D eigenvalue weighted by atomic mass is 16.7. The maximum Gasteiger partial charge on any atom is 0.309 e. The topological polar surface area (TPSA) is 47.6 Å². The average molecular weight is 281 g/mol. The van der Waals surface area contributed by atoms with E-state index in [1.165, 1.54) is 30.5 Å². The molecule has 3 atom stereocenters. The summed E-state index contributed by atoms with van der Waals surface area (Å²) in [7, 11) is 0. The largest absolute Gasteiger partial charge is 0.466 e. The number of carbonyl (C=O) groups excluding carboxylic acids is 1. The maximum absolute atomic E-state index is 11.9. The van der Waals surface area contributed by atoms with E-state index in [0.717, 1.165) is 19.3 Å². The van der Waals surface area contributed by atoms with E-state index >= 15 is 0 Å². The van der Waals surface area contributed by atoms with Crippen molar-refractivity contribution in [3.8, 4) is 0 Å². The number of ether oxygens (including phenoxy) is 1. The van der Waals surface area contributed by atoms with Crippen LogP contribution in [0, 0.1) is 11.8 Å². The molecule has 0 amide bonds. The summed E-state index contributed by atoms with van der Waals surface area (Å²) < 4.78 is 5.14. The fraction of sp³-hybridized carbons (Fsp3) is 0.812. The Hall–Kier alpha value is -1.03. The lowest BCUT2D eigenvalue weighted by Crippen LogP contribution is -2.21. The van der Waals surface area contributed by atoms with Crippen molar-refractivity contribution >= 4 is 5.97 Å². The van der Waals surface area contributed by atoms with Crippen LogP contribution in [0.1, 0.15) is 59.3 Å². The number of hydrogen-bond acceptors (Lipinski definition) is 4. The van der Waals surface area contributed by atoms with Crippen LogP contribution in [0.4, 0.5) is 0 Å². The molecule has 1 aliphatic heterocycles. The molecular formula is C16H27NO3. The summed E-state index contributed by atoms with van der Waals surface area (Å²) in [5.41, 5.74) is 5.70. The highest BCUT2D eigenvalue weighted by Crippen LogP contribution is 2.41. The van der Waals surface area contributed by atoms with Gasteiger partial charge >= 0.3 is 5.97 Å². The lowest BCUT2D eigenvalue weighted by Gasteiger charge is -2.18. The van der Waals surface area contributed by atoms with Gasteiger partial charge in [0, 0.05) is 11.6 Å². The van der Waals surface area contributed by atoms with E-state index in [9.17, 15) is 4.79 Å². The lowest BCUT2D eigenvalue weighted by molar-refractivity contribution is -0.148. The molecule has 1 N–H and O–H groups in total. The third kappa shape index (κ3) is 3.17. The molecule has 0 radical (unpaired) electrons. The minimum atomic E-state index is -0.0704. The first kappa shape index (κ1) is 15.4. The molecule has 3 unspecified atom stereocenters. The molecule has 0 aromatic rings. The van der Waals surface area contributed by atoms with E-state index < -0.39 is 0 Å². The van der Waals surface area contributed by atoms with E-state index in [2.05, 4.69) is 19.3 Å². The van der Waals surface area contributed by atoms with Crippen LogP contribution in [0.15, 0.2) is 11.3 Å². The second kappa shape index (κ2) is 7.11. The van der Waals surface area contributed by atoms with Crippen molar-refractivity contribution in [2.24, 2.45) is 11.8 Å². The van der Waals surface area contributed by atoms with Crippen LogP contribution in [0.25, 0.3) is 0 Å². The Balaban J connectivity index is 2.05. The van der Waals surface area contributed by atoms with Crippen molar-refractivity contribution in [3.63, 3.8) is 0 Å². The quantitative estimate of drug-likeness (QED) is 0.727. The van der Waals surface area contributed by atoms with E-state index in [4.69, 9.17) is 9.57 Å². The molecule has 0 aromatic carbocycles. The number of fused-ring (bicyclic) bond motifs is 1. The summed E-state index contributed by atoms with van der Waals surface area (Å²) in [6.07, 6.45) is 6.40. The zero-order valence-electron chi connectivity index (χ0n) is 12.9. The van der Waals surface area contributed by atoms with E-state index in [1.807, 2.05) is 6.92 Å². The number of rotatable bonds is 7. The monoisotopic (exact) mass is 281 g/mol. The van der Waals surface area contributed by atoms with E-state index in [-0.39, 0.29) is 18.0 Å². The Morgan fingerprint density at radius 2 is 2.25 bits per heavy atom. The standard InChI is InChI=1S/C16H27NO3/c1-4-7-8-11(5-2)15-13-9-12(16(18)19-6-3)10-14(13)20-17-15/h11-12,14,17H,4-10H2,1-3H3. The molecule has 0 bridgehead atoms. The van der Waals surface area contributed by atoms with Crippen molar-refractivity contribution < 1.29 is 14.4 Å². The number of nitrogens with one attached hydrogen (secondary N) is 1. The maximum atomic E-state index is 11.9. The first-order valence-electron chi connectivity index (χ1n) is 8.02. The zero-order chi connectivity index (χ0) is 14.5. The second-order valence-corrected chi connectivity index (χ2v) is 5.78. The van der Waals surface area contributed by atoms with Gasteiger partial charge in [0.2, 0.25) is 0 Å². The van der Waals surface area contributed by atoms with Crippen molar-refractivity contribution in [2.45, 2.75) is 65.4 Å². The molecule has 1 fully saturated rings. The summed E-state index contributed by atoms with van der Waals surface area (Å²) in [6.45, 7) is 6.76. The first-order valence-corrected chi connectivity index (χ1v) is 8.02. The van der Waals surface area contributed by atoms with Crippen LogP contribution in [-0.2, 0) is 14.4 Å². The van der Waals surface area contributed by atoms with Gasteiger partial charge in [-0.05, 0) is 38.2 Å². The predicted molar refractivity (Wildman–Crippen MR) is 77.7 cm³/mol. The van der Waals surface area contributed by atoms with Crippen molar-refractivity contribution in [2.75, 3.05) is 6.61 Å². The third-order valence-corrected chi connectivity index (χ3v) is 4.44. The fourth-order valence-electron chi connectivity index (χ4n) is 3.27. The van der Waals surface area contributed by atoms with Crippen molar-refractivity contribution in [3.05, 3.63) is 11.3 Å². The Labute approximate surface area is 121 Å². The van der Waals surface area contributed by atoms with Crippen LogP contribution < -0.4 is 5.48 Å². The lowest BCUT2D eigenvalue weighted by atomic mass is 9.92. The molecule has 114 valence electrons. The fourth-order valence-corrected chi connectivity index (χ4v) is 3.27. The van der Waals surface area contributed by atoms with Crippen LogP contribution in [0.5, 0.6) is 0 Å². The van der Waals surface area contributed by atoms with E-state index in [1.54, 1.807) is 0 Å². The smallest absolute Gasteiger partial charge is 0.309 e. The number of allylic oxidation sites excluding steroid dienone is 1. The number of esters is 1. The Bertz CT molecular complexity index is 378. The molecule has 0 spiro atoms. The molecule has 1 aliphatic carbocycles. The molecule has 20 heavy (non-hydrogen) atoms. The van der Waals surface area contributed by atoms with Gasteiger partial charge in [-0.1, -0.05) is 26.7 Å². The van der Waals surface area contributed by atoms with Gasteiger partial charge in [0.15, 0.2) is 0 Å². The van der Waals surface area contributed by atoms with Gasteiger partial charge < -0.3 is 4.74 Å². The number of unbranched alkanes of at least 4 members (excludes halogenated alkanes) is 1. The summed E-state index contributed by atoms with van der Waals surface area (Å²) >= 11 is 0. The molecule has 4 nitrogen and oxygen atoms in total. The SMILES string of the molecule is CCCCC(CC)C1=C2CC(C(=O)OCC)CC2ON1. The second-order valence-electron chi connectivity index (χ2n) is 5.78. The number of hydrogen-bond donors (Lipinski definition) is 1. The Kier molecular flexibility index (Phi) is 5.46. The predicted octanol–water partition coefficient (Wildman–Crippen LogP) is 3.33. The first-order chi connectivity index (χ1) is 9.71. The molecular weight excluding hydrogens is 254 g/mol. The molecule has 4 heteroatoms. The van der Waals surface area contributed by atoms with Crippen molar-refractivity contribution in [1.82, 2.24) is 5.48 Å². The van der Waals surface area contributed by atoms with Gasteiger partial charge in [0.1, 0.15) is 6.10 Å². The Morgan fingerprint density at radius 3 is 2.90 bits per heavy atom.